The number of Topliss-reactive ketones (excluding diaryl/α,β-unsaturated/α-hetero) is 1. The molecule has 4 aliphatic heterocycles. The van der Waals surface area contributed by atoms with Crippen molar-refractivity contribution in [1.29, 1.82) is 0 Å². The highest BCUT2D eigenvalue weighted by Gasteiger charge is 2.59. The van der Waals surface area contributed by atoms with Crippen molar-refractivity contribution in [1.82, 2.24) is 10.6 Å². The molecule has 4 heterocycles. The molecular formula is C34H61N7O14. The number of nitrogens with one attached hydrogen (secondary N) is 2. The van der Waals surface area contributed by atoms with E-state index in [2.05, 4.69) is 10.6 Å². The number of piperidine rings is 1. The highest BCUT2D eigenvalue weighted by atomic mass is 16.8. The topological polar surface area (TPSA) is 368 Å². The van der Waals surface area contributed by atoms with Crippen molar-refractivity contribution in [2.24, 2.45) is 34.6 Å². The van der Waals surface area contributed by atoms with Crippen LogP contribution in [0.25, 0.3) is 0 Å². The summed E-state index contributed by atoms with van der Waals surface area (Å²) >= 11 is 0. The van der Waals surface area contributed by atoms with E-state index in [1.807, 2.05) is 6.08 Å². The van der Waals surface area contributed by atoms with Crippen molar-refractivity contribution in [3.05, 3.63) is 11.8 Å². The van der Waals surface area contributed by atoms with Crippen LogP contribution in [0.1, 0.15) is 38.5 Å². The van der Waals surface area contributed by atoms with Gasteiger partial charge in [-0.1, -0.05) is 0 Å². The lowest BCUT2D eigenvalue weighted by molar-refractivity contribution is -0.283. The molecule has 19 N–H and O–H groups in total. The Morgan fingerprint density at radius 1 is 0.873 bits per heavy atom. The largest absolute Gasteiger partial charge is 0.467 e. The number of aliphatic hydroxyl groups is 7. The molecule has 6 rings (SSSR count). The van der Waals surface area contributed by atoms with Gasteiger partial charge in [-0.05, 0) is 50.8 Å². The number of rotatable bonds is 15. The van der Waals surface area contributed by atoms with Crippen LogP contribution >= 0.6 is 0 Å². The molecule has 21 heteroatoms. The van der Waals surface area contributed by atoms with Gasteiger partial charge >= 0.3 is 0 Å². The monoisotopic (exact) mass is 791 g/mol. The van der Waals surface area contributed by atoms with Crippen LogP contribution < -0.4 is 39.3 Å². The maximum Gasteiger partial charge on any atom is 0.215 e. The Labute approximate surface area is 318 Å². The number of hydrogen-bond acceptors (Lipinski definition) is 21. The van der Waals surface area contributed by atoms with Gasteiger partial charge in [-0.2, -0.15) is 0 Å². The van der Waals surface area contributed by atoms with Gasteiger partial charge in [-0.25, -0.2) is 0 Å². The Morgan fingerprint density at radius 2 is 1.53 bits per heavy atom. The van der Waals surface area contributed by atoms with Crippen LogP contribution in [-0.2, 0) is 33.2 Å². The van der Waals surface area contributed by atoms with Gasteiger partial charge in [0.15, 0.2) is 18.4 Å². The fourth-order valence-corrected chi connectivity index (χ4v) is 8.14. The Kier molecular flexibility index (Phi) is 13.9. The highest BCUT2D eigenvalue weighted by Crippen LogP contribution is 2.41. The minimum absolute atomic E-state index is 0.0644. The summed E-state index contributed by atoms with van der Waals surface area (Å²) in [6.45, 7) is 1.21. The first-order valence-electron chi connectivity index (χ1n) is 19.2. The van der Waals surface area contributed by atoms with Gasteiger partial charge in [0, 0.05) is 38.0 Å². The Bertz CT molecular complexity index is 1330. The number of carbonyl (C=O) groups excluding carboxylic acids is 1. The minimum Gasteiger partial charge on any atom is -0.467 e. The van der Waals surface area contributed by atoms with E-state index in [0.717, 1.165) is 0 Å². The maximum atomic E-state index is 13.1. The molecule has 55 heavy (non-hydrogen) atoms. The van der Waals surface area contributed by atoms with Gasteiger partial charge in [0.25, 0.3) is 0 Å². The SMILES string of the molecule is NC[C@@H]1O[C@H](O[C@H]2[C@@H](O)[C@H](O[C@@H]3[C@@H](O)[C@H](CC(=O)C4(O)CC4N)C[C@H](N)[C@H]3O[C@H]3OC(CNCC4(O)CCNCC4)=CC[C@H]3N)O[C@@H]2CO)[C@H](N)[C@@H](O)[C@@H]1O. The quantitative estimate of drug-likeness (QED) is 0.0732. The van der Waals surface area contributed by atoms with Crippen LogP contribution in [0.5, 0.6) is 0 Å². The molecule has 0 aromatic heterocycles. The lowest BCUT2D eigenvalue weighted by atomic mass is 9.76. The number of ketones is 1. The van der Waals surface area contributed by atoms with Crippen LogP contribution in [0.15, 0.2) is 11.8 Å². The van der Waals surface area contributed by atoms with E-state index in [9.17, 15) is 40.5 Å². The van der Waals surface area contributed by atoms with Crippen LogP contribution in [0.4, 0.5) is 0 Å². The first-order valence-corrected chi connectivity index (χ1v) is 19.2. The summed E-state index contributed by atoms with van der Waals surface area (Å²) < 4.78 is 36.2. The fraction of sp³-hybridized carbons (Fsp3) is 0.912. The molecule has 0 aromatic rings. The third-order valence-electron chi connectivity index (χ3n) is 11.9. The zero-order valence-electron chi connectivity index (χ0n) is 30.8. The lowest BCUT2D eigenvalue weighted by Gasteiger charge is -2.46. The van der Waals surface area contributed by atoms with Gasteiger partial charge in [-0.3, -0.25) is 4.79 Å². The first-order chi connectivity index (χ1) is 26.1. The summed E-state index contributed by atoms with van der Waals surface area (Å²) in [6.07, 6.45) is -12.9. The molecular weight excluding hydrogens is 730 g/mol. The maximum absolute atomic E-state index is 13.1. The van der Waals surface area contributed by atoms with Gasteiger partial charge in [0.2, 0.25) is 6.29 Å². The molecule has 2 saturated carbocycles. The second-order valence-electron chi connectivity index (χ2n) is 16.0. The average Bonchev–Trinajstić information content (AvgIpc) is 3.68. The molecule has 18 atom stereocenters. The van der Waals surface area contributed by atoms with E-state index in [1.165, 1.54) is 0 Å². The number of nitrogens with two attached hydrogens (primary N) is 5. The van der Waals surface area contributed by atoms with Crippen LogP contribution in [-0.4, -0.2) is 190 Å². The molecule has 0 aromatic carbocycles. The zero-order valence-corrected chi connectivity index (χ0v) is 30.8. The molecule has 5 fully saturated rings. The molecule has 2 aliphatic carbocycles. The number of hydrogen-bond donors (Lipinski definition) is 14. The second kappa shape index (κ2) is 17.7. The van der Waals surface area contributed by atoms with E-state index in [0.29, 0.717) is 44.7 Å². The molecule has 0 amide bonds. The molecule has 0 radical (unpaired) electrons. The molecule has 2 unspecified atom stereocenters. The van der Waals surface area contributed by atoms with Crippen molar-refractivity contribution < 1.29 is 69.0 Å². The van der Waals surface area contributed by atoms with Crippen molar-refractivity contribution in [2.75, 3.05) is 39.3 Å². The van der Waals surface area contributed by atoms with Crippen molar-refractivity contribution in [3.8, 4) is 0 Å². The summed E-state index contributed by atoms with van der Waals surface area (Å²) in [7, 11) is 0. The molecule has 3 saturated heterocycles. The Balaban J connectivity index is 1.16. The third-order valence-corrected chi connectivity index (χ3v) is 11.9. The number of ether oxygens (including phenoxy) is 6. The van der Waals surface area contributed by atoms with Crippen LogP contribution in [0, 0.1) is 5.92 Å². The summed E-state index contributed by atoms with van der Waals surface area (Å²) in [4.78, 5) is 13.1. The van der Waals surface area contributed by atoms with E-state index in [4.69, 9.17) is 57.1 Å². The first kappa shape index (κ1) is 43.0. The van der Waals surface area contributed by atoms with E-state index in [1.54, 1.807) is 0 Å². The van der Waals surface area contributed by atoms with Gasteiger partial charge in [-0.15, -0.1) is 0 Å². The Hall–Kier alpha value is -1.55. The zero-order chi connectivity index (χ0) is 39.8. The molecule has 316 valence electrons. The summed E-state index contributed by atoms with van der Waals surface area (Å²) in [5.74, 6) is -0.872. The fourth-order valence-electron chi connectivity index (χ4n) is 8.14. The molecule has 6 aliphatic rings. The molecule has 0 spiro atoms. The average molecular weight is 792 g/mol. The minimum atomic E-state index is -1.70. The normalized spacial score (nSPS) is 47.2. The standard InChI is InChI=1S/C34H61N7O14/c35-10-18-24(45)25(46)22(39)31(51-18)54-28-19(12-42)52-32(26(28)47)55-29-23(44)14(8-21(43)34(49)9-20(34)38)7-17(37)27(29)53-30-16(36)2-1-15(50-30)11-41-13-33(48)3-5-40-6-4-33/h1,14,16-20,22-32,40-42,44-49H,2-13,35-39H2/t14-,16+,17-,18-,19+,20?,22+,23-,24+,25+,26+,27+,28+,29+,30+,31+,32-,34?/m0/s1. The van der Waals surface area contributed by atoms with E-state index >= 15 is 0 Å². The predicted molar refractivity (Wildman–Crippen MR) is 189 cm³/mol. The lowest BCUT2D eigenvalue weighted by Crippen LogP contribution is -2.64. The van der Waals surface area contributed by atoms with Gasteiger partial charge in [0.1, 0.15) is 60.2 Å². The van der Waals surface area contributed by atoms with Gasteiger partial charge in [0.05, 0.1) is 36.9 Å². The van der Waals surface area contributed by atoms with E-state index in [-0.39, 0.29) is 32.4 Å². The number of carbonyl (C=O) groups is 1. The molecule has 21 nitrogen and oxygen atoms in total. The highest BCUT2D eigenvalue weighted by molar-refractivity contribution is 5.91. The predicted octanol–water partition coefficient (Wildman–Crippen LogP) is -7.26. The van der Waals surface area contributed by atoms with Crippen molar-refractivity contribution in [3.63, 3.8) is 0 Å². The Morgan fingerprint density at radius 3 is 2.18 bits per heavy atom. The molecule has 0 bridgehead atoms. The smallest absolute Gasteiger partial charge is 0.215 e. The van der Waals surface area contributed by atoms with Crippen LogP contribution in [0.2, 0.25) is 0 Å². The van der Waals surface area contributed by atoms with Gasteiger partial charge < -0.3 is 103 Å². The summed E-state index contributed by atoms with van der Waals surface area (Å²) in [5, 5.41) is 82.1. The van der Waals surface area contributed by atoms with Crippen molar-refractivity contribution >= 4 is 5.78 Å². The van der Waals surface area contributed by atoms with E-state index < -0.39 is 127 Å². The summed E-state index contributed by atoms with van der Waals surface area (Å²) in [5.41, 5.74) is 28.1. The second-order valence-corrected chi connectivity index (χ2v) is 16.0. The van der Waals surface area contributed by atoms with Crippen LogP contribution in [0.3, 0.4) is 0 Å². The number of aliphatic hydroxyl groups excluding tert-OH is 5. The third kappa shape index (κ3) is 9.36. The summed E-state index contributed by atoms with van der Waals surface area (Å²) in [6, 6.07) is -3.54. The van der Waals surface area contributed by atoms with Crippen molar-refractivity contribution in [2.45, 2.75) is 148 Å².